The van der Waals surface area contributed by atoms with Crippen molar-refractivity contribution in [3.8, 4) is 0 Å². The van der Waals surface area contributed by atoms with Crippen LogP contribution >= 0.6 is 15.9 Å². The van der Waals surface area contributed by atoms with Gasteiger partial charge < -0.3 is 9.15 Å². The molecule has 0 atom stereocenters. The minimum atomic E-state index is -0.493. The molecule has 0 aliphatic heterocycles. The Balaban J connectivity index is 2.23. The second-order valence-corrected chi connectivity index (χ2v) is 5.75. The van der Waals surface area contributed by atoms with Crippen LogP contribution in [0.5, 0.6) is 0 Å². The van der Waals surface area contributed by atoms with Gasteiger partial charge in [0.05, 0.1) is 22.1 Å². The van der Waals surface area contributed by atoms with Gasteiger partial charge in [-0.15, -0.1) is 0 Å². The molecule has 0 radical (unpaired) electrons. The van der Waals surface area contributed by atoms with Crippen LogP contribution in [0.2, 0.25) is 0 Å². The summed E-state index contributed by atoms with van der Waals surface area (Å²) in [6.45, 7) is 2.00. The first kappa shape index (κ1) is 14.1. The number of rotatable bonds is 4. The van der Waals surface area contributed by atoms with Gasteiger partial charge in [-0.25, -0.2) is 4.79 Å². The van der Waals surface area contributed by atoms with Crippen LogP contribution in [0.15, 0.2) is 21.0 Å². The van der Waals surface area contributed by atoms with E-state index in [4.69, 9.17) is 9.15 Å². The first-order chi connectivity index (χ1) is 10.0. The summed E-state index contributed by atoms with van der Waals surface area (Å²) in [6.07, 6.45) is 1.91. The van der Waals surface area contributed by atoms with Crippen LogP contribution < -0.4 is 0 Å². The third-order valence-electron chi connectivity index (χ3n) is 3.41. The van der Waals surface area contributed by atoms with E-state index in [1.54, 1.807) is 13.0 Å². The molecule has 0 bridgehead atoms. The van der Waals surface area contributed by atoms with Crippen LogP contribution in [0.1, 0.15) is 41.8 Å². The Morgan fingerprint density at radius 1 is 1.52 bits per heavy atom. The molecule has 1 aliphatic rings. The van der Waals surface area contributed by atoms with Crippen molar-refractivity contribution in [2.75, 3.05) is 6.61 Å². The van der Waals surface area contributed by atoms with Crippen molar-refractivity contribution in [1.82, 2.24) is 0 Å². The number of halogens is 1. The van der Waals surface area contributed by atoms with Gasteiger partial charge in [0.15, 0.2) is 0 Å². The molecular weight excluding hydrogens is 342 g/mol. The number of benzene rings is 1. The maximum atomic E-state index is 12.2. The Morgan fingerprint density at radius 3 is 2.81 bits per heavy atom. The van der Waals surface area contributed by atoms with Gasteiger partial charge in [0.1, 0.15) is 16.9 Å². The summed E-state index contributed by atoms with van der Waals surface area (Å²) in [5.41, 5.74) is 0.647. The zero-order valence-corrected chi connectivity index (χ0v) is 12.8. The summed E-state index contributed by atoms with van der Waals surface area (Å²) in [5.74, 6) is 0.337. The Hall–Kier alpha value is -1.89. The monoisotopic (exact) mass is 353 g/mol. The van der Waals surface area contributed by atoms with E-state index >= 15 is 0 Å². The van der Waals surface area contributed by atoms with Crippen molar-refractivity contribution >= 4 is 38.6 Å². The fraction of sp³-hybridized carbons (Fsp3) is 0.357. The van der Waals surface area contributed by atoms with Crippen molar-refractivity contribution < 1.29 is 18.9 Å². The molecule has 1 aliphatic carbocycles. The number of esters is 1. The maximum Gasteiger partial charge on any atom is 0.342 e. The minimum Gasteiger partial charge on any atom is -0.462 e. The van der Waals surface area contributed by atoms with Gasteiger partial charge in [-0.2, -0.15) is 0 Å². The Kier molecular flexibility index (Phi) is 3.44. The summed E-state index contributed by atoms with van der Waals surface area (Å²) in [5, 5.41) is 11.5. The first-order valence-electron chi connectivity index (χ1n) is 6.60. The minimum absolute atomic E-state index is 0.0889. The molecule has 0 saturated heterocycles. The molecule has 0 spiro atoms. The Bertz CT molecular complexity index is 747. The SMILES string of the molecule is CCOC(=O)c1c(C2CC2)oc2cc([N+](=O)[O-])c(Br)cc12. The standard InChI is InChI=1S/C14H12BrNO5/c1-2-20-14(17)12-8-5-9(15)10(16(18)19)6-11(8)21-13(12)7-3-4-7/h5-7H,2-4H2,1H3. The maximum absolute atomic E-state index is 12.2. The van der Waals surface area contributed by atoms with E-state index in [0.717, 1.165) is 12.8 Å². The highest BCUT2D eigenvalue weighted by Crippen LogP contribution is 2.46. The lowest BCUT2D eigenvalue weighted by molar-refractivity contribution is -0.385. The topological polar surface area (TPSA) is 82.6 Å². The van der Waals surface area contributed by atoms with Gasteiger partial charge in [-0.05, 0) is 41.8 Å². The third-order valence-corrected chi connectivity index (χ3v) is 4.04. The zero-order chi connectivity index (χ0) is 15.1. The normalized spacial score (nSPS) is 14.4. The van der Waals surface area contributed by atoms with E-state index in [-0.39, 0.29) is 18.2 Å². The van der Waals surface area contributed by atoms with Crippen LogP contribution in [0.4, 0.5) is 5.69 Å². The molecule has 2 aromatic rings. The molecule has 21 heavy (non-hydrogen) atoms. The highest BCUT2D eigenvalue weighted by molar-refractivity contribution is 9.10. The molecule has 1 saturated carbocycles. The largest absolute Gasteiger partial charge is 0.462 e. The smallest absolute Gasteiger partial charge is 0.342 e. The van der Waals surface area contributed by atoms with Crippen LogP contribution in [0.3, 0.4) is 0 Å². The summed E-state index contributed by atoms with van der Waals surface area (Å²) >= 11 is 3.17. The van der Waals surface area contributed by atoms with E-state index in [0.29, 0.717) is 26.8 Å². The van der Waals surface area contributed by atoms with Gasteiger partial charge in [0, 0.05) is 11.3 Å². The van der Waals surface area contributed by atoms with Crippen molar-refractivity contribution in [2.45, 2.75) is 25.7 Å². The second-order valence-electron chi connectivity index (χ2n) is 4.89. The van der Waals surface area contributed by atoms with E-state index < -0.39 is 10.9 Å². The number of hydrogen-bond acceptors (Lipinski definition) is 5. The molecule has 0 N–H and O–H groups in total. The predicted molar refractivity (Wildman–Crippen MR) is 78.5 cm³/mol. The summed E-state index contributed by atoms with van der Waals surface area (Å²) in [6, 6.07) is 2.89. The molecular formula is C14H12BrNO5. The molecule has 0 unspecified atom stereocenters. The van der Waals surface area contributed by atoms with Crippen molar-refractivity contribution in [2.24, 2.45) is 0 Å². The lowest BCUT2D eigenvalue weighted by atomic mass is 10.1. The van der Waals surface area contributed by atoms with Crippen LogP contribution in [-0.4, -0.2) is 17.5 Å². The summed E-state index contributed by atoms with van der Waals surface area (Å²) < 4.78 is 11.1. The van der Waals surface area contributed by atoms with E-state index in [1.807, 2.05) is 0 Å². The zero-order valence-electron chi connectivity index (χ0n) is 11.2. The lowest BCUT2D eigenvalue weighted by Crippen LogP contribution is -2.06. The molecule has 1 heterocycles. The highest BCUT2D eigenvalue weighted by atomic mass is 79.9. The highest BCUT2D eigenvalue weighted by Gasteiger charge is 2.35. The van der Waals surface area contributed by atoms with Crippen LogP contribution in [0.25, 0.3) is 11.0 Å². The Labute approximate surface area is 128 Å². The average Bonchev–Trinajstić information content (AvgIpc) is 3.19. The number of carbonyl (C=O) groups excluding carboxylic acids is 1. The van der Waals surface area contributed by atoms with E-state index in [2.05, 4.69) is 15.9 Å². The molecule has 6 nitrogen and oxygen atoms in total. The third kappa shape index (κ3) is 2.42. The molecule has 0 amide bonds. The number of fused-ring (bicyclic) bond motifs is 1. The predicted octanol–water partition coefficient (Wildman–Crippen LogP) is 4.16. The van der Waals surface area contributed by atoms with Crippen LogP contribution in [0, 0.1) is 10.1 Å². The molecule has 1 aromatic carbocycles. The molecule has 3 rings (SSSR count). The van der Waals surface area contributed by atoms with Crippen LogP contribution in [-0.2, 0) is 4.74 Å². The van der Waals surface area contributed by atoms with E-state index in [1.165, 1.54) is 6.07 Å². The van der Waals surface area contributed by atoms with Gasteiger partial charge in [0.25, 0.3) is 5.69 Å². The number of hydrogen-bond donors (Lipinski definition) is 0. The van der Waals surface area contributed by atoms with Gasteiger partial charge in [-0.3, -0.25) is 10.1 Å². The molecule has 7 heteroatoms. The first-order valence-corrected chi connectivity index (χ1v) is 7.39. The van der Waals surface area contributed by atoms with Crippen molar-refractivity contribution in [3.63, 3.8) is 0 Å². The molecule has 1 aromatic heterocycles. The number of carbonyl (C=O) groups is 1. The van der Waals surface area contributed by atoms with Gasteiger partial charge >= 0.3 is 5.97 Å². The lowest BCUT2D eigenvalue weighted by Gasteiger charge is -2.02. The van der Waals surface area contributed by atoms with Crippen molar-refractivity contribution in [3.05, 3.63) is 38.0 Å². The number of furan rings is 1. The Morgan fingerprint density at radius 2 is 2.24 bits per heavy atom. The van der Waals surface area contributed by atoms with Gasteiger partial charge in [-0.1, -0.05) is 0 Å². The van der Waals surface area contributed by atoms with Crippen molar-refractivity contribution in [1.29, 1.82) is 0 Å². The van der Waals surface area contributed by atoms with Gasteiger partial charge in [0.2, 0.25) is 0 Å². The number of nitrogens with zero attached hydrogens (tertiary/aromatic N) is 1. The number of ether oxygens (including phenoxy) is 1. The van der Waals surface area contributed by atoms with E-state index in [9.17, 15) is 14.9 Å². The fourth-order valence-electron chi connectivity index (χ4n) is 2.31. The number of nitro groups is 1. The summed E-state index contributed by atoms with van der Waals surface area (Å²) in [4.78, 5) is 22.7. The number of nitro benzene ring substituents is 1. The molecule has 110 valence electrons. The second kappa shape index (κ2) is 5.14. The quantitative estimate of drug-likeness (QED) is 0.468. The summed E-state index contributed by atoms with van der Waals surface area (Å²) in [7, 11) is 0. The fourth-order valence-corrected chi connectivity index (χ4v) is 2.80. The average molecular weight is 354 g/mol. The molecule has 1 fully saturated rings.